The number of rotatable bonds is 6. The molecule has 2 fully saturated rings. The Morgan fingerprint density at radius 2 is 2.04 bits per heavy atom. The van der Waals surface area contributed by atoms with Crippen LogP contribution in [0.2, 0.25) is 0 Å². The number of aryl methyl sites for hydroxylation is 1. The smallest absolute Gasteiger partial charge is 0.225 e. The number of amides is 1. The van der Waals surface area contributed by atoms with Crippen molar-refractivity contribution in [2.75, 3.05) is 53.4 Å². The lowest BCUT2D eigenvalue weighted by molar-refractivity contribution is -0.135. The Balaban J connectivity index is 1.53. The molecule has 2 aliphatic rings. The van der Waals surface area contributed by atoms with E-state index in [9.17, 15) is 4.79 Å². The van der Waals surface area contributed by atoms with E-state index in [-0.39, 0.29) is 11.5 Å². The van der Waals surface area contributed by atoms with Gasteiger partial charge in [-0.15, -0.1) is 0 Å². The van der Waals surface area contributed by atoms with Gasteiger partial charge in [0.1, 0.15) is 0 Å². The maximum atomic E-state index is 12.7. The van der Waals surface area contributed by atoms with Crippen LogP contribution in [0.5, 0.6) is 0 Å². The second kappa shape index (κ2) is 8.50. The standard InChI is InChI=1S/C19H33N5O2/c1-4-23-16-20-14-17(23)15-22-7-5-19(6-8-22)13-18(25)24(11-12-26-19)10-9-21(2)3/h14,16H,4-13,15H2,1-3H3. The first-order chi connectivity index (χ1) is 12.5. The van der Waals surface area contributed by atoms with Gasteiger partial charge in [-0.1, -0.05) is 0 Å². The minimum atomic E-state index is -0.258. The second-order valence-corrected chi connectivity index (χ2v) is 7.84. The Morgan fingerprint density at radius 3 is 2.73 bits per heavy atom. The maximum absolute atomic E-state index is 12.7. The second-order valence-electron chi connectivity index (χ2n) is 7.84. The molecule has 7 nitrogen and oxygen atoms in total. The van der Waals surface area contributed by atoms with Crippen LogP contribution in [0.3, 0.4) is 0 Å². The average Bonchev–Trinajstić information content (AvgIpc) is 3.00. The van der Waals surface area contributed by atoms with E-state index in [1.807, 2.05) is 31.5 Å². The average molecular weight is 364 g/mol. The van der Waals surface area contributed by atoms with Crippen molar-refractivity contribution in [1.82, 2.24) is 24.3 Å². The molecule has 146 valence electrons. The number of likely N-dealkylation sites (N-methyl/N-ethyl adjacent to an activating group) is 1. The van der Waals surface area contributed by atoms with E-state index < -0.39 is 0 Å². The molecule has 1 amide bonds. The summed E-state index contributed by atoms with van der Waals surface area (Å²) >= 11 is 0. The lowest BCUT2D eigenvalue weighted by Crippen LogP contribution is -2.47. The molecule has 0 aliphatic carbocycles. The van der Waals surface area contributed by atoms with E-state index in [1.165, 1.54) is 5.69 Å². The van der Waals surface area contributed by atoms with Crippen molar-refractivity contribution in [3.8, 4) is 0 Å². The number of hydrogen-bond donors (Lipinski definition) is 0. The van der Waals surface area contributed by atoms with Crippen LogP contribution in [0.25, 0.3) is 0 Å². The number of aromatic nitrogens is 2. The van der Waals surface area contributed by atoms with Crippen molar-refractivity contribution in [3.05, 3.63) is 18.2 Å². The van der Waals surface area contributed by atoms with Gasteiger partial charge in [0.25, 0.3) is 0 Å². The van der Waals surface area contributed by atoms with Crippen molar-refractivity contribution < 1.29 is 9.53 Å². The molecule has 3 rings (SSSR count). The lowest BCUT2D eigenvalue weighted by Gasteiger charge is -2.40. The van der Waals surface area contributed by atoms with E-state index in [2.05, 4.69) is 26.3 Å². The molecule has 0 radical (unpaired) electrons. The van der Waals surface area contributed by atoms with Gasteiger partial charge in [0.15, 0.2) is 0 Å². The monoisotopic (exact) mass is 363 g/mol. The van der Waals surface area contributed by atoms with E-state index in [0.717, 1.165) is 52.1 Å². The normalized spacial score (nSPS) is 21.5. The molecule has 3 heterocycles. The van der Waals surface area contributed by atoms with Gasteiger partial charge in [0, 0.05) is 52.0 Å². The molecule has 1 aromatic heterocycles. The third-order valence-corrected chi connectivity index (χ3v) is 5.70. The maximum Gasteiger partial charge on any atom is 0.225 e. The highest BCUT2D eigenvalue weighted by Crippen LogP contribution is 2.32. The fraction of sp³-hybridized carbons (Fsp3) is 0.789. The minimum absolute atomic E-state index is 0.252. The molecule has 2 aliphatic heterocycles. The summed E-state index contributed by atoms with van der Waals surface area (Å²) < 4.78 is 8.44. The van der Waals surface area contributed by atoms with E-state index >= 15 is 0 Å². The van der Waals surface area contributed by atoms with Crippen molar-refractivity contribution in [3.63, 3.8) is 0 Å². The molecule has 0 saturated carbocycles. The number of carbonyl (C=O) groups excluding carboxylic acids is 1. The van der Waals surface area contributed by atoms with Crippen LogP contribution in [0, 0.1) is 0 Å². The van der Waals surface area contributed by atoms with Crippen molar-refractivity contribution >= 4 is 5.91 Å². The Kier molecular flexibility index (Phi) is 6.32. The Hall–Kier alpha value is -1.44. The third kappa shape index (κ3) is 4.64. The van der Waals surface area contributed by atoms with Crippen molar-refractivity contribution in [2.45, 2.75) is 44.9 Å². The quantitative estimate of drug-likeness (QED) is 0.756. The predicted molar refractivity (Wildman–Crippen MR) is 101 cm³/mol. The number of imidazole rings is 1. The van der Waals surface area contributed by atoms with E-state index in [4.69, 9.17) is 4.74 Å². The van der Waals surface area contributed by atoms with E-state index in [1.54, 1.807) is 0 Å². The van der Waals surface area contributed by atoms with Crippen LogP contribution in [0.15, 0.2) is 12.5 Å². The summed E-state index contributed by atoms with van der Waals surface area (Å²) in [6.07, 6.45) is 6.25. The van der Waals surface area contributed by atoms with E-state index in [0.29, 0.717) is 19.6 Å². The van der Waals surface area contributed by atoms with Gasteiger partial charge in [0.05, 0.1) is 30.7 Å². The van der Waals surface area contributed by atoms with Crippen molar-refractivity contribution in [1.29, 1.82) is 0 Å². The van der Waals surface area contributed by atoms with Gasteiger partial charge in [-0.2, -0.15) is 0 Å². The summed E-state index contributed by atoms with van der Waals surface area (Å²) in [4.78, 5) is 23.5. The van der Waals surface area contributed by atoms with Crippen LogP contribution >= 0.6 is 0 Å². The number of likely N-dealkylation sites (tertiary alicyclic amines) is 1. The first-order valence-electron chi connectivity index (χ1n) is 9.79. The predicted octanol–water partition coefficient (Wildman–Crippen LogP) is 1.05. The molecule has 7 heteroatoms. The molecule has 0 bridgehead atoms. The molecule has 26 heavy (non-hydrogen) atoms. The Morgan fingerprint density at radius 1 is 1.27 bits per heavy atom. The molecule has 1 spiro atoms. The molecule has 0 unspecified atom stereocenters. The zero-order chi connectivity index (χ0) is 18.6. The molecule has 0 N–H and O–H groups in total. The molecule has 2 saturated heterocycles. The summed E-state index contributed by atoms with van der Waals surface area (Å²) in [7, 11) is 4.08. The third-order valence-electron chi connectivity index (χ3n) is 5.70. The van der Waals surface area contributed by atoms with Crippen LogP contribution in [-0.2, 0) is 22.6 Å². The van der Waals surface area contributed by atoms with Gasteiger partial charge in [-0.25, -0.2) is 4.98 Å². The number of ether oxygens (including phenoxy) is 1. The number of hydrogen-bond acceptors (Lipinski definition) is 5. The minimum Gasteiger partial charge on any atom is -0.373 e. The zero-order valence-electron chi connectivity index (χ0n) is 16.5. The molecule has 0 aromatic carbocycles. The van der Waals surface area contributed by atoms with Crippen molar-refractivity contribution in [2.24, 2.45) is 0 Å². The highest BCUT2D eigenvalue weighted by molar-refractivity contribution is 5.77. The highest BCUT2D eigenvalue weighted by atomic mass is 16.5. The summed E-state index contributed by atoms with van der Waals surface area (Å²) in [5.41, 5.74) is 1.00. The van der Waals surface area contributed by atoms with Gasteiger partial charge in [-0.05, 0) is 33.9 Å². The van der Waals surface area contributed by atoms with Crippen LogP contribution in [0.4, 0.5) is 0 Å². The topological polar surface area (TPSA) is 53.8 Å². The largest absolute Gasteiger partial charge is 0.373 e. The fourth-order valence-corrected chi connectivity index (χ4v) is 3.93. The fourth-order valence-electron chi connectivity index (χ4n) is 3.93. The highest BCUT2D eigenvalue weighted by Gasteiger charge is 2.40. The molecule has 0 atom stereocenters. The van der Waals surface area contributed by atoms with Crippen LogP contribution < -0.4 is 0 Å². The first-order valence-corrected chi connectivity index (χ1v) is 9.79. The van der Waals surface area contributed by atoms with Crippen LogP contribution in [0.1, 0.15) is 31.9 Å². The number of piperidine rings is 1. The van der Waals surface area contributed by atoms with Gasteiger partial charge in [0.2, 0.25) is 5.91 Å². The number of carbonyl (C=O) groups is 1. The van der Waals surface area contributed by atoms with Gasteiger partial charge in [-0.3, -0.25) is 9.69 Å². The summed E-state index contributed by atoms with van der Waals surface area (Å²) in [5.74, 6) is 0.252. The molecular formula is C19H33N5O2. The Labute approximate surface area is 156 Å². The summed E-state index contributed by atoms with van der Waals surface area (Å²) in [6.45, 7) is 9.02. The summed E-state index contributed by atoms with van der Waals surface area (Å²) in [6, 6.07) is 0. The molecule has 1 aromatic rings. The van der Waals surface area contributed by atoms with Crippen LogP contribution in [-0.4, -0.2) is 89.2 Å². The van der Waals surface area contributed by atoms with Gasteiger partial charge >= 0.3 is 0 Å². The van der Waals surface area contributed by atoms with Gasteiger partial charge < -0.3 is 19.1 Å². The zero-order valence-corrected chi connectivity index (χ0v) is 16.5. The lowest BCUT2D eigenvalue weighted by atomic mass is 9.87. The SMILES string of the molecule is CCn1cncc1CN1CCC2(CC1)CC(=O)N(CCN(C)C)CCO2. The summed E-state index contributed by atoms with van der Waals surface area (Å²) in [5, 5.41) is 0. The number of nitrogens with zero attached hydrogens (tertiary/aromatic N) is 5. The molecular weight excluding hydrogens is 330 g/mol. The Bertz CT molecular complexity index is 593. The first kappa shape index (κ1) is 19.3.